The molecule has 0 spiro atoms. The van der Waals surface area contributed by atoms with E-state index in [0.717, 1.165) is 13.0 Å². The summed E-state index contributed by atoms with van der Waals surface area (Å²) >= 11 is -0.576. The standard InChI is InChI=1S/C8H18O2.C5H11O.V/c1-3-5-6-8(4-2)7-10-9;1-5(2,3)4-6;/h8-9H,3-7H2,1-2H3;4H2,1-3H3;/q;-1;+2/p-1. The van der Waals surface area contributed by atoms with Crippen LogP contribution in [-0.4, -0.2) is 13.2 Å². The van der Waals surface area contributed by atoms with Gasteiger partial charge in [-0.1, -0.05) is 0 Å². The van der Waals surface area contributed by atoms with Crippen LogP contribution >= 0.6 is 0 Å². The van der Waals surface area contributed by atoms with Crippen LogP contribution in [0.1, 0.15) is 60.3 Å². The molecule has 0 saturated heterocycles. The molecule has 0 aromatic heterocycles. The molecule has 0 amide bonds. The van der Waals surface area contributed by atoms with Gasteiger partial charge in [0.2, 0.25) is 0 Å². The molecular formula is C13H28O3V. The Labute approximate surface area is 114 Å². The summed E-state index contributed by atoms with van der Waals surface area (Å²) in [5, 5.41) is 0. The zero-order valence-corrected chi connectivity index (χ0v) is 13.4. The van der Waals surface area contributed by atoms with Gasteiger partial charge in [-0.05, 0) is 0 Å². The van der Waals surface area contributed by atoms with Crippen LogP contribution in [0, 0.1) is 11.3 Å². The molecule has 0 aromatic rings. The Balaban J connectivity index is 3.36. The topological polar surface area (TPSA) is 27.7 Å². The summed E-state index contributed by atoms with van der Waals surface area (Å²) in [6.45, 7) is 12.3. The molecule has 0 radical (unpaired) electrons. The average Bonchev–Trinajstić information content (AvgIpc) is 2.25. The number of hydrogen-bond donors (Lipinski definition) is 0. The molecule has 4 heteroatoms. The van der Waals surface area contributed by atoms with Crippen molar-refractivity contribution in [2.45, 2.75) is 60.3 Å². The fraction of sp³-hybridized carbons (Fsp3) is 1.00. The van der Waals surface area contributed by atoms with E-state index >= 15 is 0 Å². The SMILES string of the molecule is CCCCC(CC)CO[O][V][O]CC(C)(C)C. The van der Waals surface area contributed by atoms with E-state index in [0.29, 0.717) is 12.5 Å². The number of rotatable bonds is 10. The van der Waals surface area contributed by atoms with Gasteiger partial charge in [0.25, 0.3) is 0 Å². The van der Waals surface area contributed by atoms with E-state index in [2.05, 4.69) is 34.6 Å². The summed E-state index contributed by atoms with van der Waals surface area (Å²) in [5.74, 6) is 0.624. The maximum absolute atomic E-state index is 5.44. The molecule has 0 aliphatic heterocycles. The molecule has 1 atom stereocenters. The van der Waals surface area contributed by atoms with Crippen LogP contribution in [0.3, 0.4) is 0 Å². The van der Waals surface area contributed by atoms with Crippen molar-refractivity contribution in [2.75, 3.05) is 13.2 Å². The molecular weight excluding hydrogens is 255 g/mol. The van der Waals surface area contributed by atoms with Crippen LogP contribution in [0.5, 0.6) is 0 Å². The van der Waals surface area contributed by atoms with E-state index < -0.39 is 17.0 Å². The van der Waals surface area contributed by atoms with Crippen molar-refractivity contribution < 1.29 is 29.4 Å². The van der Waals surface area contributed by atoms with Gasteiger partial charge in [-0.3, -0.25) is 0 Å². The predicted octanol–water partition coefficient (Wildman–Crippen LogP) is 4.13. The molecule has 0 saturated carbocycles. The van der Waals surface area contributed by atoms with Gasteiger partial charge in [-0.15, -0.1) is 0 Å². The first-order chi connectivity index (χ1) is 7.99. The number of unbranched alkanes of at least 4 members (excludes halogenated alkanes) is 1. The molecule has 103 valence electrons. The molecule has 0 aromatic carbocycles. The Hall–Kier alpha value is 0.464. The Morgan fingerprint density at radius 2 is 1.88 bits per heavy atom. The van der Waals surface area contributed by atoms with E-state index in [4.69, 9.17) is 12.4 Å². The Morgan fingerprint density at radius 1 is 1.18 bits per heavy atom. The molecule has 0 aliphatic rings. The summed E-state index contributed by atoms with van der Waals surface area (Å²) < 4.78 is 10.6. The van der Waals surface area contributed by atoms with Gasteiger partial charge in [-0.25, -0.2) is 0 Å². The van der Waals surface area contributed by atoms with Gasteiger partial charge in [0.05, 0.1) is 0 Å². The van der Waals surface area contributed by atoms with Crippen LogP contribution in [0.4, 0.5) is 0 Å². The van der Waals surface area contributed by atoms with Crippen molar-refractivity contribution in [3.63, 3.8) is 0 Å². The van der Waals surface area contributed by atoms with Crippen molar-refractivity contribution in [3.05, 3.63) is 0 Å². The van der Waals surface area contributed by atoms with Crippen LogP contribution in [0.2, 0.25) is 0 Å². The van der Waals surface area contributed by atoms with E-state index in [-0.39, 0.29) is 5.41 Å². The fourth-order valence-electron chi connectivity index (χ4n) is 1.29. The molecule has 3 nitrogen and oxygen atoms in total. The molecule has 0 heterocycles. The minimum absolute atomic E-state index is 0.200. The van der Waals surface area contributed by atoms with E-state index in [1.165, 1.54) is 19.3 Å². The number of hydrogen-bond acceptors (Lipinski definition) is 3. The van der Waals surface area contributed by atoms with Crippen molar-refractivity contribution in [2.24, 2.45) is 11.3 Å². The second kappa shape index (κ2) is 10.4. The summed E-state index contributed by atoms with van der Waals surface area (Å²) in [5.41, 5.74) is 0.200. The zero-order chi connectivity index (χ0) is 13.1. The normalized spacial score (nSPS) is 13.7. The first-order valence-electron chi connectivity index (χ1n) is 6.60. The summed E-state index contributed by atoms with van der Waals surface area (Å²) in [4.78, 5) is 5.22. The van der Waals surface area contributed by atoms with Gasteiger partial charge in [0, 0.05) is 0 Å². The Bertz CT molecular complexity index is 169. The third-order valence-electron chi connectivity index (χ3n) is 2.48. The van der Waals surface area contributed by atoms with Gasteiger partial charge in [0.15, 0.2) is 0 Å². The maximum atomic E-state index is 5.44. The Kier molecular flexibility index (Phi) is 10.7. The van der Waals surface area contributed by atoms with Crippen LogP contribution in [0.15, 0.2) is 0 Å². The predicted molar refractivity (Wildman–Crippen MR) is 65.8 cm³/mol. The minimum atomic E-state index is -0.576. The van der Waals surface area contributed by atoms with E-state index in [1.807, 2.05) is 0 Å². The summed E-state index contributed by atoms with van der Waals surface area (Å²) in [6, 6.07) is 0. The van der Waals surface area contributed by atoms with Gasteiger partial charge in [-0.2, -0.15) is 0 Å². The quantitative estimate of drug-likeness (QED) is 0.343. The molecule has 0 bridgehead atoms. The monoisotopic (exact) mass is 283 g/mol. The third-order valence-corrected chi connectivity index (χ3v) is 3.11. The van der Waals surface area contributed by atoms with Crippen molar-refractivity contribution in [1.82, 2.24) is 0 Å². The Morgan fingerprint density at radius 3 is 2.41 bits per heavy atom. The van der Waals surface area contributed by atoms with Gasteiger partial charge < -0.3 is 0 Å². The van der Waals surface area contributed by atoms with Crippen LogP contribution in [0.25, 0.3) is 0 Å². The summed E-state index contributed by atoms with van der Waals surface area (Å²) in [7, 11) is 0. The molecule has 1 unspecified atom stereocenters. The summed E-state index contributed by atoms with van der Waals surface area (Å²) in [6.07, 6.45) is 4.91. The molecule has 0 fully saturated rings. The van der Waals surface area contributed by atoms with Crippen LogP contribution < -0.4 is 0 Å². The molecule has 0 N–H and O–H groups in total. The average molecular weight is 283 g/mol. The van der Waals surface area contributed by atoms with E-state index in [1.54, 1.807) is 0 Å². The zero-order valence-electron chi connectivity index (χ0n) is 12.0. The van der Waals surface area contributed by atoms with Crippen LogP contribution in [-0.2, 0) is 29.4 Å². The first kappa shape index (κ1) is 17.5. The second-order valence-electron chi connectivity index (χ2n) is 5.68. The molecule has 0 rings (SSSR count). The van der Waals surface area contributed by atoms with Crippen molar-refractivity contribution in [1.29, 1.82) is 0 Å². The molecule has 17 heavy (non-hydrogen) atoms. The van der Waals surface area contributed by atoms with Gasteiger partial charge in [0.1, 0.15) is 0 Å². The fourth-order valence-corrected chi connectivity index (χ4v) is 2.20. The molecule has 0 aliphatic carbocycles. The second-order valence-corrected chi connectivity index (χ2v) is 6.55. The third kappa shape index (κ3) is 12.7. The van der Waals surface area contributed by atoms with E-state index in [9.17, 15) is 0 Å². The first-order valence-corrected chi connectivity index (χ1v) is 7.74. The van der Waals surface area contributed by atoms with Crippen molar-refractivity contribution in [3.8, 4) is 0 Å². The van der Waals surface area contributed by atoms with Crippen molar-refractivity contribution >= 4 is 0 Å². The van der Waals surface area contributed by atoms with Gasteiger partial charge >= 0.3 is 114 Å².